The topological polar surface area (TPSA) is 116 Å². The van der Waals surface area contributed by atoms with E-state index in [1.54, 1.807) is 24.3 Å². The van der Waals surface area contributed by atoms with Crippen LogP contribution >= 0.6 is 0 Å². The average molecular weight is 477 g/mol. The molecule has 0 unspecified atom stereocenters. The number of rotatable bonds is 10. The first-order chi connectivity index (χ1) is 16.8. The highest BCUT2D eigenvalue weighted by atomic mass is 16.2. The van der Waals surface area contributed by atoms with Crippen LogP contribution in [-0.2, 0) is 19.2 Å². The van der Waals surface area contributed by atoms with Crippen molar-refractivity contribution in [3.8, 4) is 0 Å². The van der Waals surface area contributed by atoms with Crippen LogP contribution < -0.4 is 21.3 Å². The van der Waals surface area contributed by atoms with Crippen LogP contribution in [0.15, 0.2) is 36.4 Å². The van der Waals surface area contributed by atoms with E-state index in [-0.39, 0.29) is 48.3 Å². The first-order valence-electron chi connectivity index (χ1n) is 12.2. The minimum absolute atomic E-state index is 0.0219. The highest BCUT2D eigenvalue weighted by molar-refractivity contribution is 5.99. The van der Waals surface area contributed by atoms with Crippen LogP contribution in [0.5, 0.6) is 0 Å². The van der Waals surface area contributed by atoms with Gasteiger partial charge in [-0.1, -0.05) is 12.1 Å². The lowest BCUT2D eigenvalue weighted by atomic mass is 10.1. The summed E-state index contributed by atoms with van der Waals surface area (Å²) < 4.78 is 0. The molecule has 0 radical (unpaired) electrons. The number of hydrogen-bond donors (Lipinski definition) is 4. The van der Waals surface area contributed by atoms with Crippen molar-refractivity contribution < 1.29 is 19.2 Å². The second kappa shape index (κ2) is 10.7. The Kier molecular flexibility index (Phi) is 7.48. The monoisotopic (exact) mass is 476 g/mol. The molecule has 0 aromatic heterocycles. The molecule has 2 aromatic rings. The molecule has 0 atom stereocenters. The highest BCUT2D eigenvalue weighted by Gasteiger charge is 2.30. The van der Waals surface area contributed by atoms with Gasteiger partial charge in [0.25, 0.3) is 0 Å². The molecule has 4 N–H and O–H groups in total. The molecule has 0 bridgehead atoms. The van der Waals surface area contributed by atoms with Crippen molar-refractivity contribution in [3.05, 3.63) is 47.5 Å². The third-order valence-electron chi connectivity index (χ3n) is 6.44. The Morgan fingerprint density at radius 1 is 0.629 bits per heavy atom. The molecular formula is C27H32N4O4. The lowest BCUT2D eigenvalue weighted by molar-refractivity contribution is -0.118. The largest absolute Gasteiger partial charge is 0.326 e. The molecule has 0 spiro atoms. The Morgan fingerprint density at radius 3 is 1.31 bits per heavy atom. The molecule has 0 heterocycles. The molecule has 4 amide bonds. The van der Waals surface area contributed by atoms with E-state index < -0.39 is 0 Å². The van der Waals surface area contributed by atoms with E-state index in [9.17, 15) is 19.2 Å². The van der Waals surface area contributed by atoms with Crippen LogP contribution in [0, 0.1) is 25.7 Å². The maximum atomic E-state index is 12.4. The highest BCUT2D eigenvalue weighted by Crippen LogP contribution is 2.33. The van der Waals surface area contributed by atoms with Gasteiger partial charge in [0.2, 0.25) is 23.6 Å². The van der Waals surface area contributed by atoms with E-state index in [4.69, 9.17) is 0 Å². The fraction of sp³-hybridized carbons (Fsp3) is 0.407. The number of anilines is 4. The maximum absolute atomic E-state index is 12.4. The molecule has 8 nitrogen and oxygen atoms in total. The number of carbonyl (C=O) groups is 4. The summed E-state index contributed by atoms with van der Waals surface area (Å²) in [6.07, 6.45) is 4.50. The van der Waals surface area contributed by atoms with Crippen LogP contribution in [0.3, 0.4) is 0 Å². The van der Waals surface area contributed by atoms with Gasteiger partial charge in [0.05, 0.1) is 0 Å². The van der Waals surface area contributed by atoms with Crippen LogP contribution in [-0.4, -0.2) is 23.6 Å². The molecule has 2 aromatic carbocycles. The Hall–Kier alpha value is -3.68. The van der Waals surface area contributed by atoms with Crippen LogP contribution in [0.2, 0.25) is 0 Å². The first kappa shape index (κ1) is 24.4. The van der Waals surface area contributed by atoms with E-state index >= 15 is 0 Å². The Balaban J connectivity index is 1.23. The SMILES string of the molecule is Cc1c(NC(=O)CCCC(=O)Nc2cccc(NC(=O)C3CC3)c2C)cccc1NC(=O)C1CC1. The number of nitrogens with one attached hydrogen (secondary N) is 4. The van der Waals surface area contributed by atoms with Gasteiger partial charge in [-0.15, -0.1) is 0 Å². The quantitative estimate of drug-likeness (QED) is 0.396. The lowest BCUT2D eigenvalue weighted by Gasteiger charge is -2.14. The van der Waals surface area contributed by atoms with Gasteiger partial charge in [-0.2, -0.15) is 0 Å². The summed E-state index contributed by atoms with van der Waals surface area (Å²) in [5.74, 6) is -0.125. The minimum Gasteiger partial charge on any atom is -0.326 e. The zero-order valence-corrected chi connectivity index (χ0v) is 20.2. The summed E-state index contributed by atoms with van der Waals surface area (Å²) in [7, 11) is 0. The fourth-order valence-corrected chi connectivity index (χ4v) is 3.81. The zero-order valence-electron chi connectivity index (χ0n) is 20.2. The second-order valence-corrected chi connectivity index (χ2v) is 9.43. The standard InChI is InChI=1S/C27H32N4O4/c1-16-20(6-3-8-22(16)30-26(34)18-12-13-18)28-24(32)10-5-11-25(33)29-21-7-4-9-23(17(21)2)31-27(35)19-14-15-19/h3-4,6-9,18-19H,5,10-15H2,1-2H3,(H,28,32)(H,29,33)(H,30,34)(H,31,35). The smallest absolute Gasteiger partial charge is 0.227 e. The normalized spacial score (nSPS) is 14.7. The molecule has 4 rings (SSSR count). The second-order valence-electron chi connectivity index (χ2n) is 9.43. The average Bonchev–Trinajstić information content (AvgIpc) is 3.71. The summed E-state index contributed by atoms with van der Waals surface area (Å²) in [6, 6.07) is 10.8. The van der Waals surface area contributed by atoms with Gasteiger partial charge in [-0.25, -0.2) is 0 Å². The Bertz CT molecular complexity index is 1060. The number of amides is 4. The van der Waals surface area contributed by atoms with Gasteiger partial charge >= 0.3 is 0 Å². The molecule has 2 saturated carbocycles. The third-order valence-corrected chi connectivity index (χ3v) is 6.44. The molecule has 2 fully saturated rings. The minimum atomic E-state index is -0.187. The molecule has 35 heavy (non-hydrogen) atoms. The molecule has 2 aliphatic rings. The third kappa shape index (κ3) is 6.68. The predicted octanol–water partition coefficient (Wildman–Crippen LogP) is 4.75. The lowest BCUT2D eigenvalue weighted by Crippen LogP contribution is -2.18. The van der Waals surface area contributed by atoms with Crippen molar-refractivity contribution in [2.45, 2.75) is 58.8 Å². The van der Waals surface area contributed by atoms with Gasteiger partial charge < -0.3 is 21.3 Å². The molecule has 0 aliphatic heterocycles. The predicted molar refractivity (Wildman–Crippen MR) is 136 cm³/mol. The van der Waals surface area contributed by atoms with Crippen LogP contribution in [0.1, 0.15) is 56.1 Å². The van der Waals surface area contributed by atoms with Crippen molar-refractivity contribution in [1.82, 2.24) is 0 Å². The van der Waals surface area contributed by atoms with Crippen molar-refractivity contribution in [1.29, 1.82) is 0 Å². The van der Waals surface area contributed by atoms with Crippen LogP contribution in [0.25, 0.3) is 0 Å². The Labute approximate surface area is 205 Å². The van der Waals surface area contributed by atoms with Crippen molar-refractivity contribution in [2.24, 2.45) is 11.8 Å². The summed E-state index contributed by atoms with van der Waals surface area (Å²) in [5.41, 5.74) is 4.30. The molecular weight excluding hydrogens is 444 g/mol. The number of benzene rings is 2. The fourth-order valence-electron chi connectivity index (χ4n) is 3.81. The molecule has 0 saturated heterocycles. The van der Waals surface area contributed by atoms with Crippen molar-refractivity contribution >= 4 is 46.4 Å². The van der Waals surface area contributed by atoms with Gasteiger partial charge in [0.1, 0.15) is 0 Å². The summed E-state index contributed by atoms with van der Waals surface area (Å²) in [5, 5.41) is 11.6. The van der Waals surface area contributed by atoms with Gasteiger partial charge in [0, 0.05) is 47.4 Å². The summed E-state index contributed by atoms with van der Waals surface area (Å²) >= 11 is 0. The van der Waals surface area contributed by atoms with Gasteiger partial charge in [-0.05, 0) is 81.3 Å². The van der Waals surface area contributed by atoms with Crippen molar-refractivity contribution in [3.63, 3.8) is 0 Å². The van der Waals surface area contributed by atoms with E-state index in [0.717, 1.165) is 36.8 Å². The van der Waals surface area contributed by atoms with Crippen LogP contribution in [0.4, 0.5) is 22.7 Å². The van der Waals surface area contributed by atoms with E-state index in [1.807, 2.05) is 26.0 Å². The van der Waals surface area contributed by atoms with E-state index in [1.165, 1.54) is 0 Å². The molecule has 184 valence electrons. The number of carbonyl (C=O) groups excluding carboxylic acids is 4. The summed E-state index contributed by atoms with van der Waals surface area (Å²) in [4.78, 5) is 49.0. The zero-order chi connectivity index (χ0) is 24.9. The van der Waals surface area contributed by atoms with E-state index in [2.05, 4.69) is 21.3 Å². The van der Waals surface area contributed by atoms with Crippen molar-refractivity contribution in [2.75, 3.05) is 21.3 Å². The van der Waals surface area contributed by atoms with E-state index in [0.29, 0.717) is 29.2 Å². The summed E-state index contributed by atoms with van der Waals surface area (Å²) in [6.45, 7) is 3.71. The molecule has 8 heteroatoms. The maximum Gasteiger partial charge on any atom is 0.227 e. The van der Waals surface area contributed by atoms with Gasteiger partial charge in [-0.3, -0.25) is 19.2 Å². The molecule has 2 aliphatic carbocycles. The first-order valence-corrected chi connectivity index (χ1v) is 12.2. The Morgan fingerprint density at radius 2 is 0.971 bits per heavy atom. The van der Waals surface area contributed by atoms with Gasteiger partial charge in [0.15, 0.2) is 0 Å². The number of hydrogen-bond acceptors (Lipinski definition) is 4.